The number of fused-ring (bicyclic) bond motifs is 1. The van der Waals surface area contributed by atoms with Crippen molar-refractivity contribution in [1.29, 1.82) is 0 Å². The van der Waals surface area contributed by atoms with Gasteiger partial charge in [-0.05, 0) is 23.6 Å². The zero-order chi connectivity index (χ0) is 13.9. The van der Waals surface area contributed by atoms with E-state index in [1.807, 2.05) is 11.4 Å². The molecule has 0 saturated heterocycles. The summed E-state index contributed by atoms with van der Waals surface area (Å²) in [7, 11) is 0. The van der Waals surface area contributed by atoms with Gasteiger partial charge in [0.25, 0.3) is 5.56 Å². The van der Waals surface area contributed by atoms with E-state index < -0.39 is 0 Å². The van der Waals surface area contributed by atoms with Gasteiger partial charge in [-0.1, -0.05) is 12.1 Å². The second-order valence-corrected chi connectivity index (χ2v) is 5.20. The average Bonchev–Trinajstić information content (AvgIpc) is 2.93. The molecule has 0 aliphatic carbocycles. The number of thiophene rings is 1. The van der Waals surface area contributed by atoms with Crippen molar-refractivity contribution in [2.45, 2.75) is 6.54 Å². The fraction of sp³-hybridized carbons (Fsp3) is 0.143. The number of hydrogen-bond donors (Lipinski definition) is 1. The first-order valence-corrected chi connectivity index (χ1v) is 7.05. The van der Waals surface area contributed by atoms with Crippen LogP contribution in [0.5, 0.6) is 0 Å². The minimum Gasteiger partial charge on any atom is -0.381 e. The van der Waals surface area contributed by atoms with Gasteiger partial charge in [0, 0.05) is 13.1 Å². The second kappa shape index (κ2) is 5.42. The number of halogens is 1. The lowest BCUT2D eigenvalue weighted by Gasteiger charge is -2.08. The Morgan fingerprint density at radius 1 is 1.30 bits per heavy atom. The van der Waals surface area contributed by atoms with Gasteiger partial charge in [0.15, 0.2) is 0 Å². The number of rotatable bonds is 4. The quantitative estimate of drug-likeness (QED) is 0.803. The first-order chi connectivity index (χ1) is 9.75. The number of nitrogens with zero attached hydrogens (tertiary/aromatic N) is 2. The van der Waals surface area contributed by atoms with Crippen molar-refractivity contribution in [2.24, 2.45) is 0 Å². The van der Waals surface area contributed by atoms with Crippen LogP contribution in [0.4, 0.5) is 10.1 Å². The third-order valence-corrected chi connectivity index (χ3v) is 3.87. The molecule has 1 aromatic carbocycles. The molecule has 3 rings (SSSR count). The minimum atomic E-state index is -0.299. The van der Waals surface area contributed by atoms with Crippen molar-refractivity contribution >= 4 is 27.2 Å². The molecule has 3 aromatic rings. The Hall–Kier alpha value is -2.21. The molecule has 0 radical (unpaired) electrons. The van der Waals surface area contributed by atoms with E-state index >= 15 is 0 Å². The lowest BCUT2D eigenvalue weighted by Crippen LogP contribution is -2.23. The maximum Gasteiger partial charge on any atom is 0.271 e. The van der Waals surface area contributed by atoms with Crippen LogP contribution in [-0.2, 0) is 6.54 Å². The monoisotopic (exact) mass is 289 g/mol. The summed E-state index contributed by atoms with van der Waals surface area (Å²) in [4.78, 5) is 16.3. The molecule has 0 atom stereocenters. The normalized spacial score (nSPS) is 10.8. The van der Waals surface area contributed by atoms with E-state index in [-0.39, 0.29) is 11.4 Å². The SMILES string of the molecule is O=c1c2sccc2ncn1CCNc1ccccc1F. The molecule has 2 heterocycles. The molecule has 102 valence electrons. The fourth-order valence-electron chi connectivity index (χ4n) is 1.95. The van der Waals surface area contributed by atoms with Gasteiger partial charge in [0.1, 0.15) is 10.5 Å². The molecular weight excluding hydrogens is 277 g/mol. The summed E-state index contributed by atoms with van der Waals surface area (Å²) in [6, 6.07) is 8.28. The summed E-state index contributed by atoms with van der Waals surface area (Å²) < 4.78 is 15.6. The Labute approximate surface area is 118 Å². The van der Waals surface area contributed by atoms with E-state index in [4.69, 9.17) is 0 Å². The molecule has 2 aromatic heterocycles. The molecule has 0 aliphatic heterocycles. The highest BCUT2D eigenvalue weighted by atomic mass is 32.1. The van der Waals surface area contributed by atoms with E-state index in [1.54, 1.807) is 18.2 Å². The largest absolute Gasteiger partial charge is 0.381 e. The topological polar surface area (TPSA) is 46.9 Å². The third-order valence-electron chi connectivity index (χ3n) is 2.98. The minimum absolute atomic E-state index is 0.0552. The molecule has 1 N–H and O–H groups in total. The zero-order valence-electron chi connectivity index (χ0n) is 10.5. The highest BCUT2D eigenvalue weighted by Crippen LogP contribution is 2.13. The predicted octanol–water partition coefficient (Wildman–Crippen LogP) is 2.71. The summed E-state index contributed by atoms with van der Waals surface area (Å²) in [5.41, 5.74) is 1.10. The summed E-state index contributed by atoms with van der Waals surface area (Å²) >= 11 is 1.38. The number of hydrogen-bond acceptors (Lipinski definition) is 4. The van der Waals surface area contributed by atoms with Crippen LogP contribution in [0.2, 0.25) is 0 Å². The van der Waals surface area contributed by atoms with E-state index in [2.05, 4.69) is 10.3 Å². The molecule has 0 aliphatic rings. The number of aromatic nitrogens is 2. The number of nitrogens with one attached hydrogen (secondary N) is 1. The van der Waals surface area contributed by atoms with Crippen LogP contribution >= 0.6 is 11.3 Å². The number of para-hydroxylation sites is 1. The molecule has 0 spiro atoms. The third kappa shape index (κ3) is 2.42. The number of benzene rings is 1. The van der Waals surface area contributed by atoms with E-state index in [0.717, 1.165) is 5.52 Å². The van der Waals surface area contributed by atoms with Gasteiger partial charge in [-0.25, -0.2) is 9.37 Å². The van der Waals surface area contributed by atoms with Crippen molar-refractivity contribution in [3.63, 3.8) is 0 Å². The Bertz CT molecular complexity index is 796. The molecule has 4 nitrogen and oxygen atoms in total. The van der Waals surface area contributed by atoms with Crippen molar-refractivity contribution in [3.05, 3.63) is 58.2 Å². The van der Waals surface area contributed by atoms with Gasteiger partial charge >= 0.3 is 0 Å². The Morgan fingerprint density at radius 2 is 2.15 bits per heavy atom. The average molecular weight is 289 g/mol. The van der Waals surface area contributed by atoms with Crippen molar-refractivity contribution in [1.82, 2.24) is 9.55 Å². The molecule has 6 heteroatoms. The molecular formula is C14H12FN3OS. The van der Waals surface area contributed by atoms with E-state index in [0.29, 0.717) is 23.5 Å². The van der Waals surface area contributed by atoms with Gasteiger partial charge in [-0.15, -0.1) is 11.3 Å². The van der Waals surface area contributed by atoms with Crippen LogP contribution < -0.4 is 10.9 Å². The van der Waals surface area contributed by atoms with Crippen molar-refractivity contribution in [2.75, 3.05) is 11.9 Å². The summed E-state index contributed by atoms with van der Waals surface area (Å²) in [5.74, 6) is -0.299. The van der Waals surface area contributed by atoms with Crippen LogP contribution in [0.3, 0.4) is 0 Å². The first-order valence-electron chi connectivity index (χ1n) is 6.17. The lowest BCUT2D eigenvalue weighted by atomic mass is 10.3. The van der Waals surface area contributed by atoms with Gasteiger partial charge < -0.3 is 5.32 Å². The molecule has 20 heavy (non-hydrogen) atoms. The highest BCUT2D eigenvalue weighted by Gasteiger charge is 2.05. The summed E-state index contributed by atoms with van der Waals surface area (Å²) in [6.07, 6.45) is 1.53. The summed E-state index contributed by atoms with van der Waals surface area (Å²) in [6.45, 7) is 0.896. The first kappa shape index (κ1) is 12.8. The molecule has 0 unspecified atom stereocenters. The van der Waals surface area contributed by atoms with Gasteiger partial charge in [0.2, 0.25) is 0 Å². The Kier molecular flexibility index (Phi) is 3.47. The second-order valence-electron chi connectivity index (χ2n) is 4.28. The fourth-order valence-corrected chi connectivity index (χ4v) is 2.75. The molecule has 0 fully saturated rings. The standard InChI is InChI=1S/C14H12FN3OS/c15-10-3-1-2-4-11(10)16-6-7-18-9-17-12-5-8-20-13(12)14(18)19/h1-5,8-9,16H,6-7H2. The van der Waals surface area contributed by atoms with Crippen LogP contribution in [-0.4, -0.2) is 16.1 Å². The Balaban J connectivity index is 1.73. The van der Waals surface area contributed by atoms with Crippen LogP contribution in [0.15, 0.2) is 46.8 Å². The van der Waals surface area contributed by atoms with Crippen molar-refractivity contribution in [3.8, 4) is 0 Å². The van der Waals surface area contributed by atoms with Crippen LogP contribution in [0.1, 0.15) is 0 Å². The van der Waals surface area contributed by atoms with E-state index in [1.165, 1.54) is 28.3 Å². The smallest absolute Gasteiger partial charge is 0.271 e. The Morgan fingerprint density at radius 3 is 3.00 bits per heavy atom. The van der Waals surface area contributed by atoms with E-state index in [9.17, 15) is 9.18 Å². The van der Waals surface area contributed by atoms with Crippen molar-refractivity contribution < 1.29 is 4.39 Å². The lowest BCUT2D eigenvalue weighted by molar-refractivity contribution is 0.626. The molecule has 0 saturated carbocycles. The molecule has 0 amide bonds. The maximum atomic E-state index is 13.4. The molecule has 0 bridgehead atoms. The van der Waals surface area contributed by atoms with Gasteiger partial charge in [-0.2, -0.15) is 0 Å². The van der Waals surface area contributed by atoms with Gasteiger partial charge in [-0.3, -0.25) is 9.36 Å². The van der Waals surface area contributed by atoms with Crippen LogP contribution in [0.25, 0.3) is 10.2 Å². The maximum absolute atomic E-state index is 13.4. The number of anilines is 1. The van der Waals surface area contributed by atoms with Crippen LogP contribution in [0, 0.1) is 5.82 Å². The highest BCUT2D eigenvalue weighted by molar-refractivity contribution is 7.17. The van der Waals surface area contributed by atoms with Gasteiger partial charge in [0.05, 0.1) is 17.5 Å². The predicted molar refractivity (Wildman–Crippen MR) is 78.8 cm³/mol. The zero-order valence-corrected chi connectivity index (χ0v) is 11.4. The summed E-state index contributed by atoms with van der Waals surface area (Å²) in [5, 5.41) is 4.82.